The number of aliphatic hydroxyl groups is 1. The number of hydrogen-bond donors (Lipinski definition) is 2. The number of para-hydroxylation sites is 1. The van der Waals surface area contributed by atoms with Gasteiger partial charge in [0.2, 0.25) is 5.91 Å². The highest BCUT2D eigenvalue weighted by atomic mass is 35.5. The number of amides is 1. The van der Waals surface area contributed by atoms with Crippen LogP contribution in [0.5, 0.6) is 0 Å². The number of nitrogens with one attached hydrogen (secondary N) is 1. The molecule has 18 heavy (non-hydrogen) atoms. The summed E-state index contributed by atoms with van der Waals surface area (Å²) in [7, 11) is 0. The molecular formula is C13H17ClN2O2. The van der Waals surface area contributed by atoms with Gasteiger partial charge in [-0.15, -0.1) is 0 Å². The Morgan fingerprint density at radius 3 is 3.06 bits per heavy atom. The fraction of sp³-hybridized carbons (Fsp3) is 0.462. The van der Waals surface area contributed by atoms with Gasteiger partial charge in [0.25, 0.3) is 0 Å². The third-order valence-corrected chi connectivity index (χ3v) is 3.46. The second kappa shape index (κ2) is 5.59. The zero-order valence-corrected chi connectivity index (χ0v) is 11.1. The lowest BCUT2D eigenvalue weighted by molar-refractivity contribution is -0.119. The highest BCUT2D eigenvalue weighted by Crippen LogP contribution is 2.32. The van der Waals surface area contributed by atoms with E-state index in [0.717, 1.165) is 30.8 Å². The lowest BCUT2D eigenvalue weighted by Gasteiger charge is -2.23. The number of rotatable bonds is 3. The van der Waals surface area contributed by atoms with E-state index in [0.29, 0.717) is 5.02 Å². The molecule has 4 nitrogen and oxygen atoms in total. The maximum absolute atomic E-state index is 11.0. The molecule has 0 aromatic heterocycles. The molecule has 1 atom stereocenters. The fourth-order valence-electron chi connectivity index (χ4n) is 2.41. The first-order chi connectivity index (χ1) is 8.61. The van der Waals surface area contributed by atoms with Gasteiger partial charge in [0, 0.05) is 31.6 Å². The third-order valence-electron chi connectivity index (χ3n) is 3.15. The van der Waals surface area contributed by atoms with Gasteiger partial charge < -0.3 is 15.3 Å². The van der Waals surface area contributed by atoms with E-state index < -0.39 is 0 Å². The van der Waals surface area contributed by atoms with Crippen molar-refractivity contribution in [1.29, 1.82) is 0 Å². The summed E-state index contributed by atoms with van der Waals surface area (Å²) in [4.78, 5) is 13.2. The molecule has 0 radical (unpaired) electrons. The van der Waals surface area contributed by atoms with Crippen LogP contribution in [0.25, 0.3) is 0 Å². The van der Waals surface area contributed by atoms with Crippen LogP contribution in [0.4, 0.5) is 5.69 Å². The smallest absolute Gasteiger partial charge is 0.217 e. The van der Waals surface area contributed by atoms with E-state index in [1.807, 2.05) is 18.2 Å². The van der Waals surface area contributed by atoms with Gasteiger partial charge in [-0.3, -0.25) is 4.79 Å². The van der Waals surface area contributed by atoms with E-state index in [2.05, 4.69) is 10.2 Å². The van der Waals surface area contributed by atoms with Gasteiger partial charge in [-0.1, -0.05) is 23.7 Å². The molecule has 0 bridgehead atoms. The van der Waals surface area contributed by atoms with Crippen molar-refractivity contribution >= 4 is 23.2 Å². The van der Waals surface area contributed by atoms with Crippen LogP contribution in [0.3, 0.4) is 0 Å². The predicted molar refractivity (Wildman–Crippen MR) is 71.8 cm³/mol. The van der Waals surface area contributed by atoms with Crippen LogP contribution in [0.2, 0.25) is 5.02 Å². The number of carbonyl (C=O) groups is 1. The Labute approximate surface area is 112 Å². The van der Waals surface area contributed by atoms with E-state index in [4.69, 9.17) is 11.6 Å². The van der Waals surface area contributed by atoms with Gasteiger partial charge in [0.1, 0.15) is 0 Å². The minimum Gasteiger partial charge on any atom is -0.392 e. The molecule has 5 heteroatoms. The van der Waals surface area contributed by atoms with Crippen LogP contribution in [0.1, 0.15) is 18.9 Å². The molecule has 1 amide bonds. The summed E-state index contributed by atoms with van der Waals surface area (Å²) < 4.78 is 0. The van der Waals surface area contributed by atoms with Crippen molar-refractivity contribution in [2.24, 2.45) is 0 Å². The zero-order valence-electron chi connectivity index (χ0n) is 10.3. The first kappa shape index (κ1) is 13.2. The molecule has 0 spiro atoms. The summed E-state index contributed by atoms with van der Waals surface area (Å²) >= 11 is 6.20. The summed E-state index contributed by atoms with van der Waals surface area (Å²) in [5.41, 5.74) is 1.71. The molecular weight excluding hydrogens is 252 g/mol. The van der Waals surface area contributed by atoms with Crippen molar-refractivity contribution in [3.8, 4) is 0 Å². The minimum absolute atomic E-state index is 0.0107. The minimum atomic E-state index is -0.0306. The predicted octanol–water partition coefficient (Wildman–Crippen LogP) is 1.55. The fourth-order valence-corrected chi connectivity index (χ4v) is 2.72. The third kappa shape index (κ3) is 2.76. The second-order valence-electron chi connectivity index (χ2n) is 4.54. The molecule has 1 aromatic carbocycles. The Bertz CT molecular complexity index is 451. The number of halogens is 1. The Kier molecular flexibility index (Phi) is 4.09. The van der Waals surface area contributed by atoms with Gasteiger partial charge >= 0.3 is 0 Å². The summed E-state index contributed by atoms with van der Waals surface area (Å²) in [6.45, 7) is 3.06. The standard InChI is InChI=1S/C13H17ClN2O2/c1-9(18)15-11-5-6-16(7-11)13-10(8-17)3-2-4-12(13)14/h2-4,11,17H,5-8H2,1H3,(H,15,18). The largest absolute Gasteiger partial charge is 0.392 e. The van der Waals surface area contributed by atoms with Crippen molar-refractivity contribution in [1.82, 2.24) is 5.32 Å². The average Bonchev–Trinajstić information content (AvgIpc) is 2.75. The monoisotopic (exact) mass is 268 g/mol. The van der Waals surface area contributed by atoms with Crippen LogP contribution >= 0.6 is 11.6 Å². The zero-order chi connectivity index (χ0) is 13.1. The first-order valence-corrected chi connectivity index (χ1v) is 6.40. The van der Waals surface area contributed by atoms with E-state index >= 15 is 0 Å². The number of aliphatic hydroxyl groups excluding tert-OH is 1. The molecule has 1 unspecified atom stereocenters. The van der Waals surface area contributed by atoms with Crippen molar-refractivity contribution in [3.63, 3.8) is 0 Å². The molecule has 1 fully saturated rings. The van der Waals surface area contributed by atoms with Crippen LogP contribution < -0.4 is 10.2 Å². The molecule has 1 aliphatic heterocycles. The highest BCUT2D eigenvalue weighted by molar-refractivity contribution is 6.33. The maximum Gasteiger partial charge on any atom is 0.217 e. The van der Waals surface area contributed by atoms with Crippen LogP contribution in [0, 0.1) is 0 Å². The lowest BCUT2D eigenvalue weighted by Crippen LogP contribution is -2.35. The SMILES string of the molecule is CC(=O)NC1CCN(c2c(Cl)cccc2CO)C1. The molecule has 2 N–H and O–H groups in total. The van der Waals surface area contributed by atoms with E-state index in [1.54, 1.807) is 0 Å². The van der Waals surface area contributed by atoms with E-state index in [9.17, 15) is 9.90 Å². The summed E-state index contributed by atoms with van der Waals surface area (Å²) in [5.74, 6) is -0.0107. The topological polar surface area (TPSA) is 52.6 Å². The number of nitrogens with zero attached hydrogens (tertiary/aromatic N) is 1. The van der Waals surface area contributed by atoms with Gasteiger partial charge in [-0.2, -0.15) is 0 Å². The van der Waals surface area contributed by atoms with Crippen molar-refractivity contribution in [2.75, 3.05) is 18.0 Å². The summed E-state index contributed by atoms with van der Waals surface area (Å²) in [6, 6.07) is 5.68. The van der Waals surface area contributed by atoms with E-state index in [-0.39, 0.29) is 18.6 Å². The van der Waals surface area contributed by atoms with Crippen LogP contribution in [-0.2, 0) is 11.4 Å². The first-order valence-electron chi connectivity index (χ1n) is 6.02. The number of anilines is 1. The maximum atomic E-state index is 11.0. The van der Waals surface area contributed by atoms with Crippen molar-refractivity contribution in [3.05, 3.63) is 28.8 Å². The lowest BCUT2D eigenvalue weighted by atomic mass is 10.1. The van der Waals surface area contributed by atoms with Crippen molar-refractivity contribution < 1.29 is 9.90 Å². The molecule has 0 aliphatic carbocycles. The van der Waals surface area contributed by atoms with Gasteiger partial charge in [-0.25, -0.2) is 0 Å². The molecule has 1 aromatic rings. The van der Waals surface area contributed by atoms with Gasteiger partial charge in [0.15, 0.2) is 0 Å². The number of carbonyl (C=O) groups excluding carboxylic acids is 1. The summed E-state index contributed by atoms with van der Waals surface area (Å²) in [5, 5.41) is 12.9. The Morgan fingerprint density at radius 1 is 1.61 bits per heavy atom. The molecule has 0 saturated carbocycles. The Morgan fingerprint density at radius 2 is 2.39 bits per heavy atom. The Hall–Kier alpha value is -1.26. The van der Waals surface area contributed by atoms with Crippen molar-refractivity contribution in [2.45, 2.75) is 26.0 Å². The van der Waals surface area contributed by atoms with Gasteiger partial charge in [-0.05, 0) is 12.5 Å². The molecule has 98 valence electrons. The highest BCUT2D eigenvalue weighted by Gasteiger charge is 2.25. The molecule has 1 heterocycles. The quantitative estimate of drug-likeness (QED) is 0.875. The normalized spacial score (nSPS) is 19.1. The number of benzene rings is 1. The summed E-state index contributed by atoms with van der Waals surface area (Å²) in [6.07, 6.45) is 0.898. The van der Waals surface area contributed by atoms with Gasteiger partial charge in [0.05, 0.1) is 17.3 Å². The molecule has 2 rings (SSSR count). The number of hydrogen-bond acceptors (Lipinski definition) is 3. The van der Waals surface area contributed by atoms with Crippen LogP contribution in [-0.4, -0.2) is 30.1 Å². The Balaban J connectivity index is 2.16. The molecule has 1 saturated heterocycles. The van der Waals surface area contributed by atoms with Crippen LogP contribution in [0.15, 0.2) is 18.2 Å². The average molecular weight is 269 g/mol. The van der Waals surface area contributed by atoms with E-state index in [1.165, 1.54) is 6.92 Å². The second-order valence-corrected chi connectivity index (χ2v) is 4.95. The molecule has 1 aliphatic rings.